The molecule has 292 valence electrons. The van der Waals surface area contributed by atoms with Crippen molar-refractivity contribution in [2.75, 3.05) is 0 Å². The van der Waals surface area contributed by atoms with Crippen LogP contribution in [0.1, 0.15) is 29.8 Å². The average molecular weight is 801 g/mol. The van der Waals surface area contributed by atoms with Crippen LogP contribution in [0.15, 0.2) is 107 Å². The predicted octanol–water partition coefficient (Wildman–Crippen LogP) is 10.8. The van der Waals surface area contributed by atoms with Gasteiger partial charge in [-0.05, 0) is 96.1 Å². The third-order valence-electron chi connectivity index (χ3n) is 9.58. The largest absolute Gasteiger partial charge is 0.416 e. The molecule has 0 N–H and O–H groups in total. The first-order chi connectivity index (χ1) is 26.5. The summed E-state index contributed by atoms with van der Waals surface area (Å²) < 4.78 is 168. The number of alkyl halides is 12. The number of hydrogen-bond donors (Lipinski definition) is 0. The van der Waals surface area contributed by atoms with E-state index in [0.717, 1.165) is 0 Å². The Morgan fingerprint density at radius 2 is 1.02 bits per heavy atom. The third kappa shape index (κ3) is 7.58. The molecule has 16 heteroatoms. The molecule has 2 heterocycles. The highest BCUT2D eigenvalue weighted by Gasteiger charge is 2.42. The number of halogens is 12. The summed E-state index contributed by atoms with van der Waals surface area (Å²) in [4.78, 5) is 8.90. The first kappa shape index (κ1) is 39.1. The molecule has 0 spiro atoms. The maximum Gasteiger partial charge on any atom is 0.416 e. The van der Waals surface area contributed by atoms with Crippen LogP contribution in [0.5, 0.6) is 0 Å². The standard InChI is InChI=1S/C41H24F12N4/c1-20-9-21(2)56-37(55-20)34-18-31(6-3-24(34)19-54)57-35-14-22(25-10-27(38(42,43)44)16-28(11-25)39(45,46)47)4-7-32(35)33-8-5-23(15-36(33)57)26-12-29(40(48,49)50)17-30(13-26)41(51,52)53/h3-10,12,14-18H,11,13H2,1-2H3. The van der Waals surface area contributed by atoms with E-state index in [1.165, 1.54) is 59.2 Å². The van der Waals surface area contributed by atoms with Crippen molar-refractivity contribution in [1.82, 2.24) is 14.5 Å². The zero-order valence-electron chi connectivity index (χ0n) is 29.3. The average Bonchev–Trinajstić information content (AvgIpc) is 3.45. The van der Waals surface area contributed by atoms with E-state index >= 15 is 0 Å². The Morgan fingerprint density at radius 1 is 0.561 bits per heavy atom. The van der Waals surface area contributed by atoms with E-state index in [-0.39, 0.29) is 67.4 Å². The summed E-state index contributed by atoms with van der Waals surface area (Å²) in [5.41, 5.74) is -4.33. The second-order valence-corrected chi connectivity index (χ2v) is 13.5. The van der Waals surface area contributed by atoms with Crippen LogP contribution in [0.3, 0.4) is 0 Å². The minimum absolute atomic E-state index is 0.0192. The predicted molar refractivity (Wildman–Crippen MR) is 188 cm³/mol. The molecule has 5 aromatic rings. The molecule has 2 aliphatic carbocycles. The normalized spacial score (nSPS) is 17.6. The quantitative estimate of drug-likeness (QED) is 0.167. The molecule has 0 saturated carbocycles. The van der Waals surface area contributed by atoms with E-state index in [4.69, 9.17) is 0 Å². The molecular formula is C41H24F12N4. The maximum atomic E-state index is 13.9. The zero-order chi connectivity index (χ0) is 41.4. The highest BCUT2D eigenvalue weighted by molar-refractivity contribution is 6.09. The molecule has 2 aliphatic rings. The van der Waals surface area contributed by atoms with E-state index in [0.29, 0.717) is 34.3 Å². The zero-order valence-corrected chi connectivity index (χ0v) is 29.3. The second kappa shape index (κ2) is 13.5. The van der Waals surface area contributed by atoms with Gasteiger partial charge in [0.2, 0.25) is 0 Å². The lowest BCUT2D eigenvalue weighted by atomic mass is 9.92. The molecule has 0 amide bonds. The molecule has 0 atom stereocenters. The number of fused-ring (bicyclic) bond motifs is 3. The number of allylic oxidation sites excluding steroid dienone is 8. The molecular weight excluding hydrogens is 776 g/mol. The Hall–Kier alpha value is -6.11. The van der Waals surface area contributed by atoms with Gasteiger partial charge in [0.1, 0.15) is 0 Å². The smallest absolute Gasteiger partial charge is 0.309 e. The van der Waals surface area contributed by atoms with Gasteiger partial charge in [-0.25, -0.2) is 9.97 Å². The van der Waals surface area contributed by atoms with Crippen LogP contribution in [-0.2, 0) is 0 Å². The Morgan fingerprint density at radius 3 is 1.42 bits per heavy atom. The topological polar surface area (TPSA) is 54.5 Å². The van der Waals surface area contributed by atoms with Crippen LogP contribution in [0.25, 0.3) is 50.0 Å². The van der Waals surface area contributed by atoms with Crippen molar-refractivity contribution in [2.24, 2.45) is 0 Å². The van der Waals surface area contributed by atoms with Crippen molar-refractivity contribution in [3.63, 3.8) is 0 Å². The minimum atomic E-state index is -5.12. The Labute approximate surface area is 314 Å². The molecule has 0 bridgehead atoms. The lowest BCUT2D eigenvalue weighted by Gasteiger charge is -2.20. The lowest BCUT2D eigenvalue weighted by Crippen LogP contribution is -2.21. The monoisotopic (exact) mass is 800 g/mol. The van der Waals surface area contributed by atoms with Crippen LogP contribution in [0, 0.1) is 25.2 Å². The summed E-state index contributed by atoms with van der Waals surface area (Å²) in [5, 5.41) is 10.8. The molecule has 0 saturated heterocycles. The maximum absolute atomic E-state index is 13.9. The van der Waals surface area contributed by atoms with Gasteiger partial charge in [-0.2, -0.15) is 57.9 Å². The van der Waals surface area contributed by atoms with Crippen molar-refractivity contribution >= 4 is 33.0 Å². The minimum Gasteiger partial charge on any atom is -0.309 e. The molecule has 57 heavy (non-hydrogen) atoms. The first-order valence-electron chi connectivity index (χ1n) is 16.8. The summed E-state index contributed by atoms with van der Waals surface area (Å²) in [7, 11) is 0. The van der Waals surface area contributed by atoms with Crippen molar-refractivity contribution in [3.8, 4) is 23.1 Å². The first-order valence-corrected chi connectivity index (χ1v) is 16.8. The van der Waals surface area contributed by atoms with Crippen molar-refractivity contribution in [1.29, 1.82) is 5.26 Å². The van der Waals surface area contributed by atoms with Gasteiger partial charge in [0.15, 0.2) is 5.82 Å². The van der Waals surface area contributed by atoms with Gasteiger partial charge in [0.05, 0.1) is 33.8 Å². The van der Waals surface area contributed by atoms with Gasteiger partial charge in [0.25, 0.3) is 0 Å². The van der Waals surface area contributed by atoms with Crippen molar-refractivity contribution < 1.29 is 52.7 Å². The van der Waals surface area contributed by atoms with Gasteiger partial charge in [-0.1, -0.05) is 24.3 Å². The molecule has 3 aromatic carbocycles. The van der Waals surface area contributed by atoms with E-state index in [1.807, 2.05) is 0 Å². The van der Waals surface area contributed by atoms with E-state index < -0.39 is 59.8 Å². The van der Waals surface area contributed by atoms with Crippen LogP contribution >= 0.6 is 0 Å². The SMILES string of the molecule is Cc1cc(C)nc(-c2cc(-n3c4cc(=C5C=C(C(F)(F)F)C=C(C(F)(F)F)C5)ccc4c4ccc(=C5C=C(C(F)(F)F)C=C(C(F)(F)F)C5)cc43)ccc2C#N)n1. The van der Waals surface area contributed by atoms with Crippen molar-refractivity contribution in [3.05, 3.63) is 135 Å². The number of nitriles is 1. The number of hydrogen-bond acceptors (Lipinski definition) is 3. The summed E-state index contributed by atoms with van der Waals surface area (Å²) in [6.45, 7) is 3.40. The summed E-state index contributed by atoms with van der Waals surface area (Å²) >= 11 is 0. The van der Waals surface area contributed by atoms with Gasteiger partial charge in [-0.3, -0.25) is 0 Å². The van der Waals surface area contributed by atoms with Crippen LogP contribution in [0.2, 0.25) is 0 Å². The Kier molecular flexibility index (Phi) is 9.29. The Balaban J connectivity index is 1.58. The van der Waals surface area contributed by atoms with Gasteiger partial charge < -0.3 is 4.57 Å². The van der Waals surface area contributed by atoms with Gasteiger partial charge >= 0.3 is 24.7 Å². The van der Waals surface area contributed by atoms with E-state index in [2.05, 4.69) is 16.0 Å². The lowest BCUT2D eigenvalue weighted by molar-refractivity contribution is -0.0987. The molecule has 7 rings (SSSR count). The summed E-state index contributed by atoms with van der Waals surface area (Å²) in [6.07, 6.45) is -20.9. The number of aryl methyl sites for hydroxylation is 2. The highest BCUT2D eigenvalue weighted by Crippen LogP contribution is 2.42. The molecule has 0 radical (unpaired) electrons. The fourth-order valence-electron chi connectivity index (χ4n) is 7.01. The fraction of sp³-hybridized carbons (Fsp3) is 0.195. The highest BCUT2D eigenvalue weighted by atomic mass is 19.4. The molecule has 0 aliphatic heterocycles. The number of nitrogens with zero attached hydrogens (tertiary/aromatic N) is 4. The van der Waals surface area contributed by atoms with Crippen molar-refractivity contribution in [2.45, 2.75) is 51.4 Å². The summed E-state index contributed by atoms with van der Waals surface area (Å²) in [6, 6.07) is 16.5. The third-order valence-corrected chi connectivity index (χ3v) is 9.58. The fourth-order valence-corrected chi connectivity index (χ4v) is 7.01. The number of benzene rings is 3. The molecule has 2 aromatic heterocycles. The molecule has 0 fully saturated rings. The summed E-state index contributed by atoms with van der Waals surface area (Å²) in [5.74, 6) is 0.149. The van der Waals surface area contributed by atoms with E-state index in [9.17, 15) is 57.9 Å². The van der Waals surface area contributed by atoms with Gasteiger partial charge in [0, 0.05) is 57.4 Å². The Bertz CT molecular complexity index is 2660. The second-order valence-electron chi connectivity index (χ2n) is 13.5. The number of rotatable bonds is 2. The van der Waals surface area contributed by atoms with Gasteiger partial charge in [-0.15, -0.1) is 0 Å². The molecule has 4 nitrogen and oxygen atoms in total. The number of aromatic nitrogens is 3. The molecule has 0 unspecified atom stereocenters. The van der Waals surface area contributed by atoms with E-state index in [1.54, 1.807) is 19.9 Å². The van der Waals surface area contributed by atoms with Crippen LogP contribution in [0.4, 0.5) is 52.7 Å². The van der Waals surface area contributed by atoms with Crippen LogP contribution < -0.4 is 10.4 Å². The van der Waals surface area contributed by atoms with Crippen LogP contribution in [-0.4, -0.2) is 39.2 Å².